The highest BCUT2D eigenvalue weighted by molar-refractivity contribution is 9.10. The molecule has 0 fully saturated rings. The van der Waals surface area contributed by atoms with Gasteiger partial charge < -0.3 is 5.73 Å². The minimum Gasteiger partial charge on any atom is -0.320 e. The van der Waals surface area contributed by atoms with Gasteiger partial charge in [-0.3, -0.25) is 0 Å². The third kappa shape index (κ3) is 2.92. The predicted octanol–water partition coefficient (Wildman–Crippen LogP) is 5.08. The van der Waals surface area contributed by atoms with Crippen molar-refractivity contribution in [3.63, 3.8) is 0 Å². The smallest absolute Gasteiger partial charge is 0.148 e. The van der Waals surface area contributed by atoms with Crippen LogP contribution in [0.5, 0.6) is 0 Å². The molecule has 6 heteroatoms. The van der Waals surface area contributed by atoms with Gasteiger partial charge in [0.15, 0.2) is 0 Å². The number of rotatable bonds is 2. The van der Waals surface area contributed by atoms with Crippen LogP contribution in [0, 0.1) is 11.6 Å². The van der Waals surface area contributed by atoms with Crippen molar-refractivity contribution in [1.82, 2.24) is 0 Å². The second kappa shape index (κ2) is 5.75. The van der Waals surface area contributed by atoms with Crippen molar-refractivity contribution in [1.29, 1.82) is 0 Å². The average Bonchev–Trinajstić information content (AvgIpc) is 2.39. The predicted molar refractivity (Wildman–Crippen MR) is 76.6 cm³/mol. The van der Waals surface area contributed by atoms with Gasteiger partial charge in [0.25, 0.3) is 0 Å². The first-order chi connectivity index (χ1) is 8.91. The molecule has 2 rings (SSSR count). The van der Waals surface area contributed by atoms with E-state index in [1.807, 2.05) is 0 Å². The molecule has 0 spiro atoms. The first-order valence-electron chi connectivity index (χ1n) is 5.25. The molecule has 1 atom stereocenters. The standard InChI is InChI=1S/C13H8BrCl2F2N/c14-8-3-2-7(12(18)11(8)16)13(19)6-1-4-9(15)10(17)5-6/h1-5,13H,19H2. The van der Waals surface area contributed by atoms with Crippen molar-refractivity contribution < 1.29 is 8.78 Å². The van der Waals surface area contributed by atoms with E-state index in [-0.39, 0.29) is 15.6 Å². The summed E-state index contributed by atoms with van der Waals surface area (Å²) in [7, 11) is 0. The lowest BCUT2D eigenvalue weighted by Gasteiger charge is -2.15. The van der Waals surface area contributed by atoms with Gasteiger partial charge >= 0.3 is 0 Å². The van der Waals surface area contributed by atoms with Crippen LogP contribution in [-0.4, -0.2) is 0 Å². The Hall–Kier alpha value is -0.680. The molecule has 0 aliphatic rings. The molecule has 0 aliphatic carbocycles. The summed E-state index contributed by atoms with van der Waals surface area (Å²) in [6, 6.07) is 6.38. The molecular weight excluding hydrogens is 359 g/mol. The molecule has 1 unspecified atom stereocenters. The highest BCUT2D eigenvalue weighted by atomic mass is 79.9. The summed E-state index contributed by atoms with van der Waals surface area (Å²) in [5, 5.41) is -0.0624. The van der Waals surface area contributed by atoms with Crippen LogP contribution in [0.3, 0.4) is 0 Å². The summed E-state index contributed by atoms with van der Waals surface area (Å²) in [6.45, 7) is 0. The normalized spacial score (nSPS) is 12.5. The Labute approximate surface area is 127 Å². The van der Waals surface area contributed by atoms with Gasteiger partial charge in [0.2, 0.25) is 0 Å². The van der Waals surface area contributed by atoms with E-state index in [1.165, 1.54) is 18.2 Å². The zero-order valence-corrected chi connectivity index (χ0v) is 12.5. The highest BCUT2D eigenvalue weighted by Crippen LogP contribution is 2.32. The Morgan fingerprint density at radius 3 is 2.42 bits per heavy atom. The molecule has 2 N–H and O–H groups in total. The van der Waals surface area contributed by atoms with Crippen molar-refractivity contribution in [2.75, 3.05) is 0 Å². The van der Waals surface area contributed by atoms with Crippen molar-refractivity contribution in [2.24, 2.45) is 5.73 Å². The Balaban J connectivity index is 2.47. The average molecular weight is 367 g/mol. The van der Waals surface area contributed by atoms with Crippen molar-refractivity contribution in [3.05, 3.63) is 67.6 Å². The number of nitrogens with two attached hydrogens (primary N) is 1. The monoisotopic (exact) mass is 365 g/mol. The number of hydrogen-bond acceptors (Lipinski definition) is 1. The SMILES string of the molecule is NC(c1ccc(Cl)c(F)c1)c1ccc(Br)c(Cl)c1F. The fraction of sp³-hybridized carbons (Fsp3) is 0.0769. The quantitative estimate of drug-likeness (QED) is 0.736. The van der Waals surface area contributed by atoms with Crippen LogP contribution in [0.2, 0.25) is 10.0 Å². The fourth-order valence-electron chi connectivity index (χ4n) is 1.67. The van der Waals surface area contributed by atoms with Crippen molar-refractivity contribution >= 4 is 39.1 Å². The molecule has 100 valence electrons. The molecule has 0 bridgehead atoms. The lowest BCUT2D eigenvalue weighted by Crippen LogP contribution is -2.14. The maximum Gasteiger partial charge on any atom is 0.148 e. The maximum atomic E-state index is 14.0. The van der Waals surface area contributed by atoms with Crippen LogP contribution < -0.4 is 5.73 Å². The number of benzene rings is 2. The molecule has 0 heterocycles. The van der Waals surface area contributed by atoms with E-state index in [0.717, 1.165) is 0 Å². The molecule has 1 nitrogen and oxygen atoms in total. The van der Waals surface area contributed by atoms with Crippen molar-refractivity contribution in [2.45, 2.75) is 6.04 Å². The maximum absolute atomic E-state index is 14.0. The summed E-state index contributed by atoms with van der Waals surface area (Å²) >= 11 is 14.5. The number of hydrogen-bond donors (Lipinski definition) is 1. The Kier molecular flexibility index (Phi) is 4.46. The van der Waals surface area contributed by atoms with E-state index in [0.29, 0.717) is 10.0 Å². The number of halogens is 5. The van der Waals surface area contributed by atoms with E-state index in [1.54, 1.807) is 12.1 Å². The zero-order chi connectivity index (χ0) is 14.2. The van der Waals surface area contributed by atoms with Gasteiger partial charge in [-0.15, -0.1) is 0 Å². The molecule has 2 aromatic carbocycles. The summed E-state index contributed by atoms with van der Waals surface area (Å²) in [6.07, 6.45) is 0. The summed E-state index contributed by atoms with van der Waals surface area (Å²) in [5.41, 5.74) is 6.54. The molecule has 2 aromatic rings. The van der Waals surface area contributed by atoms with Gasteiger partial charge in [0.05, 0.1) is 16.1 Å². The van der Waals surface area contributed by atoms with Crippen LogP contribution in [0.4, 0.5) is 8.78 Å². The first kappa shape index (κ1) is 14.7. The molecule has 0 amide bonds. The molecule has 0 saturated carbocycles. The summed E-state index contributed by atoms with van der Waals surface area (Å²) < 4.78 is 27.8. The van der Waals surface area contributed by atoms with Gasteiger partial charge in [-0.2, -0.15) is 0 Å². The lowest BCUT2D eigenvalue weighted by atomic mass is 9.99. The van der Waals surface area contributed by atoms with Gasteiger partial charge in [-0.25, -0.2) is 8.78 Å². The third-order valence-electron chi connectivity index (χ3n) is 2.70. The van der Waals surface area contributed by atoms with E-state index < -0.39 is 17.7 Å². The Morgan fingerprint density at radius 1 is 1.11 bits per heavy atom. The Morgan fingerprint density at radius 2 is 1.79 bits per heavy atom. The molecule has 0 aliphatic heterocycles. The van der Waals surface area contributed by atoms with E-state index in [4.69, 9.17) is 28.9 Å². The van der Waals surface area contributed by atoms with E-state index in [2.05, 4.69) is 15.9 Å². The van der Waals surface area contributed by atoms with E-state index >= 15 is 0 Å². The Bertz CT molecular complexity index is 634. The van der Waals surface area contributed by atoms with Gasteiger partial charge in [0, 0.05) is 10.0 Å². The second-order valence-electron chi connectivity index (χ2n) is 3.92. The largest absolute Gasteiger partial charge is 0.320 e. The minimum atomic E-state index is -0.822. The minimum absolute atomic E-state index is 0.00902. The lowest BCUT2D eigenvalue weighted by molar-refractivity contribution is 0.595. The molecule has 0 radical (unpaired) electrons. The van der Waals surface area contributed by atoms with Gasteiger partial charge in [-0.1, -0.05) is 35.3 Å². The fourth-order valence-corrected chi connectivity index (χ4v) is 2.26. The van der Waals surface area contributed by atoms with E-state index in [9.17, 15) is 8.78 Å². The highest BCUT2D eigenvalue weighted by Gasteiger charge is 2.18. The van der Waals surface area contributed by atoms with Crippen LogP contribution in [-0.2, 0) is 0 Å². The van der Waals surface area contributed by atoms with Crippen molar-refractivity contribution in [3.8, 4) is 0 Å². The second-order valence-corrected chi connectivity index (χ2v) is 5.56. The zero-order valence-electron chi connectivity index (χ0n) is 9.43. The molecule has 0 aromatic heterocycles. The van der Waals surface area contributed by atoms with Crippen LogP contribution in [0.1, 0.15) is 17.2 Å². The van der Waals surface area contributed by atoms with Crippen LogP contribution in [0.25, 0.3) is 0 Å². The topological polar surface area (TPSA) is 26.0 Å². The first-order valence-corrected chi connectivity index (χ1v) is 6.80. The molecule has 0 saturated heterocycles. The summed E-state index contributed by atoms with van der Waals surface area (Å²) in [5.74, 6) is -1.22. The van der Waals surface area contributed by atoms with Crippen LogP contribution >= 0.6 is 39.1 Å². The van der Waals surface area contributed by atoms with Crippen LogP contribution in [0.15, 0.2) is 34.8 Å². The third-order valence-corrected chi connectivity index (χ3v) is 4.27. The summed E-state index contributed by atoms with van der Waals surface area (Å²) in [4.78, 5) is 0. The molecule has 19 heavy (non-hydrogen) atoms. The van der Waals surface area contributed by atoms with Gasteiger partial charge in [0.1, 0.15) is 11.6 Å². The van der Waals surface area contributed by atoms with Gasteiger partial charge in [-0.05, 0) is 39.7 Å². The molecular formula is C13H8BrCl2F2N.